The quantitative estimate of drug-likeness (QED) is 0.487. The third-order valence-electron chi connectivity index (χ3n) is 0.728. The third-order valence-corrected chi connectivity index (χ3v) is 0.728. The second-order valence-electron chi connectivity index (χ2n) is 2.03. The lowest BCUT2D eigenvalue weighted by molar-refractivity contribution is -0.469. The molecule has 0 rings (SSSR count). The Morgan fingerprint density at radius 1 is 1.31 bits per heavy atom. The van der Waals surface area contributed by atoms with Gasteiger partial charge in [0.25, 0.3) is 6.54 Å². The van der Waals surface area contributed by atoms with E-state index in [0.717, 1.165) is 6.42 Å². The molecule has 0 aromatic heterocycles. The van der Waals surface area contributed by atoms with Crippen molar-refractivity contribution in [2.24, 2.45) is 0 Å². The van der Waals surface area contributed by atoms with E-state index in [4.69, 9.17) is 10.2 Å². The predicted molar refractivity (Wildman–Crippen MR) is 42.0 cm³/mol. The van der Waals surface area contributed by atoms with Crippen molar-refractivity contribution < 1.29 is 24.7 Å². The Bertz CT molecular complexity index is 178. The third kappa shape index (κ3) is 25.2. The van der Waals surface area contributed by atoms with Gasteiger partial charge in [0, 0.05) is 11.3 Å². The van der Waals surface area contributed by atoms with Crippen LogP contribution in [0.1, 0.15) is 19.8 Å². The fourth-order valence-electron chi connectivity index (χ4n) is 0.324. The Morgan fingerprint density at radius 2 is 1.77 bits per heavy atom. The van der Waals surface area contributed by atoms with Crippen LogP contribution in [-0.4, -0.2) is 33.6 Å². The molecule has 2 N–H and O–H groups in total. The van der Waals surface area contributed by atoms with Crippen molar-refractivity contribution in [3.63, 3.8) is 0 Å². The van der Waals surface area contributed by atoms with Crippen LogP contribution in [-0.2, 0) is 9.59 Å². The maximum Gasteiger partial charge on any atom is 0.376 e. The highest BCUT2D eigenvalue weighted by Crippen LogP contribution is 1.82. The van der Waals surface area contributed by atoms with Gasteiger partial charge in [-0.2, -0.15) is 0 Å². The molecule has 0 aliphatic heterocycles. The Hall–Kier alpha value is -1.66. The Morgan fingerprint density at radius 3 is 1.77 bits per heavy atom. The molecule has 76 valence electrons. The smallest absolute Gasteiger partial charge is 0.376 e. The molecule has 0 aromatic carbocycles. The molecule has 0 spiro atoms. The van der Waals surface area contributed by atoms with Crippen LogP contribution in [0.2, 0.25) is 0 Å². The molecule has 0 atom stereocenters. The van der Waals surface area contributed by atoms with Gasteiger partial charge in [-0.25, -0.2) is 4.79 Å². The lowest BCUT2D eigenvalue weighted by Crippen LogP contribution is -2.11. The van der Waals surface area contributed by atoms with Gasteiger partial charge in [0.2, 0.25) is 0 Å². The topological polar surface area (TPSA) is 118 Å². The molecule has 0 aliphatic rings. The zero-order valence-corrected chi connectivity index (χ0v) is 7.10. The van der Waals surface area contributed by atoms with Crippen molar-refractivity contribution >= 4 is 11.9 Å². The van der Waals surface area contributed by atoms with Gasteiger partial charge in [0.15, 0.2) is 0 Å². The number of carboxylic acids is 2. The second kappa shape index (κ2) is 8.44. The summed E-state index contributed by atoms with van der Waals surface area (Å²) in [5.41, 5.74) is 0. The van der Waals surface area contributed by atoms with E-state index in [2.05, 4.69) is 0 Å². The van der Waals surface area contributed by atoms with E-state index in [1.807, 2.05) is 6.92 Å². The van der Waals surface area contributed by atoms with E-state index in [9.17, 15) is 19.7 Å². The average Bonchev–Trinajstić information content (AvgIpc) is 1.83. The van der Waals surface area contributed by atoms with Gasteiger partial charge in [-0.05, 0) is 6.42 Å². The van der Waals surface area contributed by atoms with E-state index in [1.54, 1.807) is 0 Å². The van der Waals surface area contributed by atoms with E-state index >= 15 is 0 Å². The highest BCUT2D eigenvalue weighted by atomic mass is 16.6. The van der Waals surface area contributed by atoms with Crippen molar-refractivity contribution in [3.8, 4) is 0 Å². The zero-order chi connectivity index (χ0) is 10.9. The van der Waals surface area contributed by atoms with E-state index < -0.39 is 23.4 Å². The molecule has 0 unspecified atom stereocenters. The summed E-state index contributed by atoms with van der Waals surface area (Å²) in [6, 6.07) is 0. The highest BCUT2D eigenvalue weighted by Gasteiger charge is 2.03. The van der Waals surface area contributed by atoms with Gasteiger partial charge in [-0.1, -0.05) is 6.92 Å². The maximum absolute atomic E-state index is 9.60. The molecular weight excluding hydrogens is 182 g/mol. The Balaban J connectivity index is 0. The monoisotopic (exact) mass is 193 g/mol. The molecule has 0 heterocycles. The standard InChI is InChI=1S/C4H8O2.C2H3NO4/c1-2-3-4(5)6;4-2(5)1-3(6)7/h2-3H2,1H3,(H,5,6);1H2,(H,4,5). The molecule has 0 saturated carbocycles. The lowest BCUT2D eigenvalue weighted by atomic mass is 10.4. The number of carbonyl (C=O) groups is 2. The molecule has 0 aromatic rings. The number of carboxylic acid groups (broad SMARTS) is 2. The molecule has 13 heavy (non-hydrogen) atoms. The summed E-state index contributed by atoms with van der Waals surface area (Å²) < 4.78 is 0. The Labute approximate surface area is 74.1 Å². The highest BCUT2D eigenvalue weighted by molar-refractivity contribution is 5.67. The van der Waals surface area contributed by atoms with Gasteiger partial charge in [-0.3, -0.25) is 14.9 Å². The summed E-state index contributed by atoms with van der Waals surface area (Å²) in [5.74, 6) is -2.12. The van der Waals surface area contributed by atoms with Gasteiger partial charge >= 0.3 is 11.9 Å². The summed E-state index contributed by atoms with van der Waals surface area (Å²) in [7, 11) is 0. The Kier molecular flexibility index (Phi) is 9.02. The molecular formula is C6H11NO6. The lowest BCUT2D eigenvalue weighted by Gasteiger charge is -1.79. The first-order valence-electron chi connectivity index (χ1n) is 3.45. The molecule has 0 bridgehead atoms. The fraction of sp³-hybridized carbons (Fsp3) is 0.667. The molecule has 0 aliphatic carbocycles. The van der Waals surface area contributed by atoms with Crippen LogP contribution >= 0.6 is 0 Å². The van der Waals surface area contributed by atoms with Crippen LogP contribution in [0.5, 0.6) is 0 Å². The van der Waals surface area contributed by atoms with Crippen molar-refractivity contribution in [1.29, 1.82) is 0 Å². The molecule has 0 saturated heterocycles. The number of aliphatic carboxylic acids is 2. The molecule has 7 nitrogen and oxygen atoms in total. The van der Waals surface area contributed by atoms with Crippen LogP contribution in [0.15, 0.2) is 0 Å². The van der Waals surface area contributed by atoms with Gasteiger partial charge < -0.3 is 10.2 Å². The SMILES string of the molecule is CCCC(=O)O.O=C(O)C[N+](=O)[O-]. The number of hydrogen-bond acceptors (Lipinski definition) is 4. The average molecular weight is 193 g/mol. The van der Waals surface area contributed by atoms with Crippen molar-refractivity contribution in [3.05, 3.63) is 10.1 Å². The first-order valence-corrected chi connectivity index (χ1v) is 3.45. The van der Waals surface area contributed by atoms with E-state index in [1.165, 1.54) is 0 Å². The number of hydrogen-bond donors (Lipinski definition) is 2. The second-order valence-corrected chi connectivity index (χ2v) is 2.03. The summed E-state index contributed by atoms with van der Waals surface area (Å²) in [6.07, 6.45) is 1.02. The summed E-state index contributed by atoms with van der Waals surface area (Å²) >= 11 is 0. The molecule has 0 fully saturated rings. The molecule has 0 amide bonds. The van der Waals surface area contributed by atoms with Gasteiger partial charge in [-0.15, -0.1) is 0 Å². The van der Waals surface area contributed by atoms with Crippen molar-refractivity contribution in [2.45, 2.75) is 19.8 Å². The van der Waals surface area contributed by atoms with Crippen LogP contribution in [0.3, 0.4) is 0 Å². The first kappa shape index (κ1) is 13.9. The van der Waals surface area contributed by atoms with Gasteiger partial charge in [0.1, 0.15) is 0 Å². The first-order chi connectivity index (χ1) is 5.90. The maximum atomic E-state index is 9.60. The minimum Gasteiger partial charge on any atom is -0.481 e. The molecule has 7 heteroatoms. The number of nitrogens with zero attached hydrogens (tertiary/aromatic N) is 1. The minimum atomic E-state index is -1.41. The van der Waals surface area contributed by atoms with Crippen LogP contribution in [0.25, 0.3) is 0 Å². The van der Waals surface area contributed by atoms with Crippen LogP contribution < -0.4 is 0 Å². The van der Waals surface area contributed by atoms with Crippen molar-refractivity contribution in [1.82, 2.24) is 0 Å². The zero-order valence-electron chi connectivity index (χ0n) is 7.10. The van der Waals surface area contributed by atoms with Crippen LogP contribution in [0, 0.1) is 10.1 Å². The largest absolute Gasteiger partial charge is 0.481 e. The normalized spacial score (nSPS) is 8.08. The summed E-state index contributed by atoms with van der Waals surface area (Å²) in [6.45, 7) is 0.841. The van der Waals surface area contributed by atoms with E-state index in [0.29, 0.717) is 6.42 Å². The fourth-order valence-corrected chi connectivity index (χ4v) is 0.324. The summed E-state index contributed by atoms with van der Waals surface area (Å²) in [5, 5.41) is 24.8. The van der Waals surface area contributed by atoms with Crippen LogP contribution in [0.4, 0.5) is 0 Å². The van der Waals surface area contributed by atoms with Gasteiger partial charge in [0.05, 0.1) is 0 Å². The van der Waals surface area contributed by atoms with Crippen molar-refractivity contribution in [2.75, 3.05) is 6.54 Å². The predicted octanol–water partition coefficient (Wildman–Crippen LogP) is 0.219. The number of nitro groups is 1. The molecule has 0 radical (unpaired) electrons. The number of rotatable bonds is 4. The minimum absolute atomic E-state index is 0.292. The van der Waals surface area contributed by atoms with E-state index in [-0.39, 0.29) is 0 Å². The summed E-state index contributed by atoms with van der Waals surface area (Å²) in [4.78, 5) is 27.3.